The highest BCUT2D eigenvalue weighted by atomic mass is 79.9. The van der Waals surface area contributed by atoms with Crippen LogP contribution in [0, 0.1) is 29.9 Å². The lowest BCUT2D eigenvalue weighted by molar-refractivity contribution is 0.158. The summed E-state index contributed by atoms with van der Waals surface area (Å²) in [7, 11) is 1.67. The smallest absolute Gasteiger partial charge is 0.159 e. The summed E-state index contributed by atoms with van der Waals surface area (Å²) in [6.07, 6.45) is 1.02. The minimum atomic E-state index is -0.836. The quantitative estimate of drug-likeness (QED) is 0.369. The Kier molecular flexibility index (Phi) is 7.91. The van der Waals surface area contributed by atoms with Crippen molar-refractivity contribution in [1.82, 2.24) is 14.7 Å². The van der Waals surface area contributed by atoms with Crippen LogP contribution in [-0.4, -0.2) is 53.7 Å². The van der Waals surface area contributed by atoms with E-state index in [-0.39, 0.29) is 11.8 Å². The first-order chi connectivity index (χ1) is 16.4. The standard InChI is InChI=1S/C26H29BrF2N4O/c1-17-26(27)25(33(31-17)21-6-4-3-5-7-21)14-20(30)12-19-15-32(10-11-34-2)16-22(19)18-8-9-23(28)24(29)13-18/h3-9,13,19,22,30H,10-12,14-16H2,1-2H3/t19-,22+/m1/s1. The van der Waals surface area contributed by atoms with E-state index in [4.69, 9.17) is 10.1 Å². The lowest BCUT2D eigenvalue weighted by Crippen LogP contribution is -2.25. The summed E-state index contributed by atoms with van der Waals surface area (Å²) in [5.41, 5.74) is 4.13. The third-order valence-electron chi connectivity index (χ3n) is 6.47. The maximum Gasteiger partial charge on any atom is 0.159 e. The predicted octanol–water partition coefficient (Wildman–Crippen LogP) is 5.54. The fourth-order valence-corrected chi connectivity index (χ4v) is 5.16. The van der Waals surface area contributed by atoms with Crippen LogP contribution in [0.4, 0.5) is 8.78 Å². The number of rotatable bonds is 9. The van der Waals surface area contributed by atoms with Crippen molar-refractivity contribution in [1.29, 1.82) is 5.41 Å². The van der Waals surface area contributed by atoms with Crippen molar-refractivity contribution in [3.8, 4) is 5.69 Å². The van der Waals surface area contributed by atoms with E-state index < -0.39 is 11.6 Å². The molecule has 4 rings (SSSR count). The number of nitrogens with zero attached hydrogens (tertiary/aromatic N) is 3. The molecule has 34 heavy (non-hydrogen) atoms. The zero-order valence-electron chi connectivity index (χ0n) is 19.4. The third-order valence-corrected chi connectivity index (χ3v) is 7.50. The van der Waals surface area contributed by atoms with Gasteiger partial charge in [0, 0.05) is 44.8 Å². The molecule has 0 aliphatic carbocycles. The largest absolute Gasteiger partial charge is 0.383 e. The molecule has 1 N–H and O–H groups in total. The van der Waals surface area contributed by atoms with Crippen LogP contribution >= 0.6 is 15.9 Å². The monoisotopic (exact) mass is 530 g/mol. The maximum atomic E-state index is 14.0. The first-order valence-electron chi connectivity index (χ1n) is 11.4. The molecular weight excluding hydrogens is 502 g/mol. The highest BCUT2D eigenvalue weighted by Gasteiger charge is 2.34. The zero-order chi connectivity index (χ0) is 24.2. The Bertz CT molecular complexity index is 1150. The second-order valence-electron chi connectivity index (χ2n) is 8.87. The van der Waals surface area contributed by atoms with Crippen LogP contribution in [0.15, 0.2) is 53.0 Å². The second kappa shape index (κ2) is 10.9. The van der Waals surface area contributed by atoms with E-state index in [0.29, 0.717) is 25.2 Å². The van der Waals surface area contributed by atoms with E-state index in [9.17, 15) is 8.78 Å². The number of hydrogen-bond acceptors (Lipinski definition) is 4. The van der Waals surface area contributed by atoms with Gasteiger partial charge in [0.2, 0.25) is 0 Å². The summed E-state index contributed by atoms with van der Waals surface area (Å²) in [4.78, 5) is 2.28. The summed E-state index contributed by atoms with van der Waals surface area (Å²) >= 11 is 3.66. The minimum Gasteiger partial charge on any atom is -0.383 e. The number of halogens is 3. The van der Waals surface area contributed by atoms with Gasteiger partial charge in [0.25, 0.3) is 0 Å². The number of para-hydroxylation sites is 1. The maximum absolute atomic E-state index is 14.0. The second-order valence-corrected chi connectivity index (χ2v) is 9.66. The molecule has 0 bridgehead atoms. The van der Waals surface area contributed by atoms with Crippen LogP contribution < -0.4 is 0 Å². The fourth-order valence-electron chi connectivity index (χ4n) is 4.77. The summed E-state index contributed by atoms with van der Waals surface area (Å²) < 4.78 is 35.6. The number of aromatic nitrogens is 2. The molecule has 2 atom stereocenters. The van der Waals surface area contributed by atoms with Crippen molar-refractivity contribution in [3.05, 3.63) is 81.6 Å². The number of nitrogens with one attached hydrogen (secondary N) is 1. The van der Waals surface area contributed by atoms with Gasteiger partial charge < -0.3 is 15.0 Å². The Labute approximate surface area is 207 Å². The first-order valence-corrected chi connectivity index (χ1v) is 12.2. The Morgan fingerprint density at radius 2 is 1.91 bits per heavy atom. The van der Waals surface area contributed by atoms with Gasteiger partial charge in [-0.3, -0.25) is 0 Å². The van der Waals surface area contributed by atoms with E-state index in [2.05, 4.69) is 25.9 Å². The predicted molar refractivity (Wildman–Crippen MR) is 133 cm³/mol. The molecule has 1 saturated heterocycles. The van der Waals surface area contributed by atoms with E-state index in [1.807, 2.05) is 41.9 Å². The van der Waals surface area contributed by atoms with Gasteiger partial charge in [-0.05, 0) is 65.0 Å². The number of methoxy groups -OCH3 is 1. The van der Waals surface area contributed by atoms with Crippen LogP contribution in [0.2, 0.25) is 0 Å². The van der Waals surface area contributed by atoms with Crippen molar-refractivity contribution in [2.24, 2.45) is 5.92 Å². The molecule has 3 aromatic rings. The molecule has 2 heterocycles. The van der Waals surface area contributed by atoms with E-state index in [0.717, 1.165) is 46.7 Å². The number of ether oxygens (including phenoxy) is 1. The Morgan fingerprint density at radius 1 is 1.15 bits per heavy atom. The van der Waals surface area contributed by atoms with E-state index in [1.54, 1.807) is 13.2 Å². The molecule has 0 radical (unpaired) electrons. The molecule has 1 aromatic heterocycles. The van der Waals surface area contributed by atoms with Crippen LogP contribution in [0.25, 0.3) is 5.69 Å². The van der Waals surface area contributed by atoms with Crippen molar-refractivity contribution < 1.29 is 13.5 Å². The molecule has 2 aromatic carbocycles. The van der Waals surface area contributed by atoms with Gasteiger partial charge in [-0.25, -0.2) is 13.5 Å². The number of benzene rings is 2. The molecular formula is C26H29BrF2N4O. The summed E-state index contributed by atoms with van der Waals surface area (Å²) in [6, 6.07) is 14.1. The molecule has 1 aliphatic heterocycles. The van der Waals surface area contributed by atoms with Gasteiger partial charge in [0.05, 0.1) is 28.2 Å². The van der Waals surface area contributed by atoms with Crippen LogP contribution in [0.5, 0.6) is 0 Å². The SMILES string of the molecule is COCCN1C[C@@H](CC(=N)Cc2c(Br)c(C)nn2-c2ccccc2)[C@H](c2ccc(F)c(F)c2)C1. The molecule has 0 spiro atoms. The van der Waals surface area contributed by atoms with Crippen molar-refractivity contribution in [2.75, 3.05) is 33.4 Å². The van der Waals surface area contributed by atoms with Gasteiger partial charge in [-0.15, -0.1) is 0 Å². The van der Waals surface area contributed by atoms with Gasteiger partial charge in [0.15, 0.2) is 11.6 Å². The lowest BCUT2D eigenvalue weighted by atomic mass is 9.85. The Balaban J connectivity index is 1.54. The first kappa shape index (κ1) is 24.7. The molecule has 0 unspecified atom stereocenters. The minimum absolute atomic E-state index is 0.0246. The third kappa shape index (κ3) is 5.45. The normalized spacial score (nSPS) is 18.5. The van der Waals surface area contributed by atoms with E-state index >= 15 is 0 Å². The molecule has 1 aliphatic rings. The van der Waals surface area contributed by atoms with Gasteiger partial charge in [0.1, 0.15) is 0 Å². The summed E-state index contributed by atoms with van der Waals surface area (Å²) in [5.74, 6) is -1.51. The fraction of sp³-hybridized carbons (Fsp3) is 0.385. The molecule has 8 heteroatoms. The Morgan fingerprint density at radius 3 is 2.62 bits per heavy atom. The molecule has 0 amide bonds. The van der Waals surface area contributed by atoms with Gasteiger partial charge in [-0.1, -0.05) is 24.3 Å². The molecule has 0 saturated carbocycles. The van der Waals surface area contributed by atoms with Gasteiger partial charge in [-0.2, -0.15) is 5.10 Å². The topological polar surface area (TPSA) is 54.1 Å². The van der Waals surface area contributed by atoms with Crippen molar-refractivity contribution in [3.63, 3.8) is 0 Å². The van der Waals surface area contributed by atoms with Crippen molar-refractivity contribution >= 4 is 21.6 Å². The highest BCUT2D eigenvalue weighted by Crippen LogP contribution is 2.36. The average molecular weight is 531 g/mol. The highest BCUT2D eigenvalue weighted by molar-refractivity contribution is 9.10. The molecule has 1 fully saturated rings. The van der Waals surface area contributed by atoms with E-state index in [1.165, 1.54) is 12.1 Å². The number of likely N-dealkylation sites (tertiary alicyclic amines) is 1. The van der Waals surface area contributed by atoms with Crippen LogP contribution in [0.3, 0.4) is 0 Å². The average Bonchev–Trinajstić information content (AvgIpc) is 3.35. The van der Waals surface area contributed by atoms with Crippen LogP contribution in [0.1, 0.15) is 29.3 Å². The van der Waals surface area contributed by atoms with Gasteiger partial charge >= 0.3 is 0 Å². The zero-order valence-corrected chi connectivity index (χ0v) is 21.0. The molecule has 180 valence electrons. The van der Waals surface area contributed by atoms with Crippen LogP contribution in [-0.2, 0) is 11.2 Å². The molecule has 5 nitrogen and oxygen atoms in total. The van der Waals surface area contributed by atoms with Crippen molar-refractivity contribution in [2.45, 2.75) is 25.7 Å². The Hall–Kier alpha value is -2.42. The number of aryl methyl sites for hydroxylation is 1. The summed E-state index contributed by atoms with van der Waals surface area (Å²) in [6.45, 7) is 4.84. The number of hydrogen-bond donors (Lipinski definition) is 1. The lowest BCUT2D eigenvalue weighted by Gasteiger charge is -2.20. The summed E-state index contributed by atoms with van der Waals surface area (Å²) in [5, 5.41) is 13.5.